The van der Waals surface area contributed by atoms with Gasteiger partial charge in [0.1, 0.15) is 11.5 Å². The monoisotopic (exact) mass is 540 g/mol. The Morgan fingerprint density at radius 1 is 0.415 bits per heavy atom. The molecule has 0 spiro atoms. The predicted octanol–water partition coefficient (Wildman–Crippen LogP) is 9.41. The summed E-state index contributed by atoms with van der Waals surface area (Å²) in [5.74, 6) is 0.609. The lowest BCUT2D eigenvalue weighted by Crippen LogP contribution is -2.27. The van der Waals surface area contributed by atoms with Gasteiger partial charge in [-0.2, -0.15) is 0 Å². The van der Waals surface area contributed by atoms with Crippen LogP contribution < -0.4 is 0 Å². The van der Waals surface area contributed by atoms with Crippen LogP contribution in [0.2, 0.25) is 0 Å². The minimum atomic E-state index is -0.542. The molecule has 5 rings (SSSR count). The molecule has 0 heterocycles. The highest BCUT2D eigenvalue weighted by atomic mass is 16.3. The number of hydrogen-bond acceptors (Lipinski definition) is 2. The molecule has 0 atom stereocenters. The number of hydrogen-bond donors (Lipinski definition) is 2. The van der Waals surface area contributed by atoms with Gasteiger partial charge in [0.25, 0.3) is 0 Å². The molecule has 0 aromatic heterocycles. The fraction of sp³-hybridized carbons (Fsp3) is 0.231. The zero-order chi connectivity index (χ0) is 29.4. The average Bonchev–Trinajstić information content (AvgIpc) is 2.99. The lowest BCUT2D eigenvalue weighted by Gasteiger charge is -2.35. The molecule has 0 aliphatic carbocycles. The van der Waals surface area contributed by atoms with E-state index in [4.69, 9.17) is 0 Å². The quantitative estimate of drug-likeness (QED) is 0.202. The minimum Gasteiger partial charge on any atom is -0.508 e. The van der Waals surface area contributed by atoms with Gasteiger partial charge in [-0.15, -0.1) is 0 Å². The number of aryl methyl sites for hydroxylation is 1. The van der Waals surface area contributed by atoms with Crippen LogP contribution in [0.15, 0.2) is 121 Å². The lowest BCUT2D eigenvalue weighted by atomic mass is 9.68. The molecule has 0 unspecified atom stereocenters. The molecule has 2 nitrogen and oxygen atoms in total. The highest BCUT2D eigenvalue weighted by molar-refractivity contribution is 5.57. The van der Waals surface area contributed by atoms with Crippen LogP contribution >= 0.6 is 0 Å². The number of benzene rings is 5. The smallest absolute Gasteiger partial charge is 0.120 e. The molecule has 0 radical (unpaired) electrons. The van der Waals surface area contributed by atoms with Crippen LogP contribution in [0.4, 0.5) is 0 Å². The van der Waals surface area contributed by atoms with E-state index in [0.29, 0.717) is 5.75 Å². The molecule has 2 N–H and O–H groups in total. The summed E-state index contributed by atoms with van der Waals surface area (Å²) in [6.45, 7) is 13.1. The fourth-order valence-electron chi connectivity index (χ4n) is 6.02. The van der Waals surface area contributed by atoms with Crippen molar-refractivity contribution in [1.29, 1.82) is 0 Å². The van der Waals surface area contributed by atoms with E-state index in [0.717, 1.165) is 33.4 Å². The Labute approximate surface area is 245 Å². The van der Waals surface area contributed by atoms with E-state index in [2.05, 4.69) is 126 Å². The molecule has 208 valence electrons. The fourth-order valence-corrected chi connectivity index (χ4v) is 6.02. The first-order valence-corrected chi connectivity index (χ1v) is 14.3. The van der Waals surface area contributed by atoms with Crippen LogP contribution in [0.25, 0.3) is 0 Å². The van der Waals surface area contributed by atoms with E-state index in [9.17, 15) is 10.2 Å². The van der Waals surface area contributed by atoms with Gasteiger partial charge in [0, 0.05) is 21.8 Å². The summed E-state index contributed by atoms with van der Waals surface area (Å²) in [7, 11) is 0. The highest BCUT2D eigenvalue weighted by Crippen LogP contribution is 2.45. The maximum absolute atomic E-state index is 11.3. The van der Waals surface area contributed by atoms with Crippen molar-refractivity contribution in [3.63, 3.8) is 0 Å². The summed E-state index contributed by atoms with van der Waals surface area (Å²) in [6.07, 6.45) is 0. The third kappa shape index (κ3) is 5.04. The first-order valence-electron chi connectivity index (χ1n) is 14.3. The van der Waals surface area contributed by atoms with E-state index in [1.165, 1.54) is 11.1 Å². The van der Waals surface area contributed by atoms with Crippen molar-refractivity contribution in [2.45, 2.75) is 57.8 Å². The summed E-state index contributed by atoms with van der Waals surface area (Å²) >= 11 is 0. The van der Waals surface area contributed by atoms with Crippen molar-refractivity contribution >= 4 is 0 Å². The van der Waals surface area contributed by atoms with Crippen molar-refractivity contribution in [2.24, 2.45) is 0 Å². The molecule has 5 aromatic rings. The molecule has 0 aliphatic rings. The molecule has 0 saturated carbocycles. The Hall–Kier alpha value is -4.30. The summed E-state index contributed by atoms with van der Waals surface area (Å²) in [5, 5.41) is 21.4. The topological polar surface area (TPSA) is 40.5 Å². The third-order valence-electron chi connectivity index (χ3n) is 9.18. The minimum absolute atomic E-state index is 0.246. The van der Waals surface area contributed by atoms with E-state index in [1.807, 2.05) is 31.2 Å². The maximum atomic E-state index is 11.3. The van der Waals surface area contributed by atoms with Crippen LogP contribution in [-0.4, -0.2) is 10.2 Å². The molecule has 0 aliphatic heterocycles. The number of aromatic hydroxyl groups is 2. The summed E-state index contributed by atoms with van der Waals surface area (Å²) in [5.41, 5.74) is 7.63. The zero-order valence-electron chi connectivity index (χ0n) is 24.9. The summed E-state index contributed by atoms with van der Waals surface area (Å²) in [6, 6.07) is 41.7. The molecule has 0 saturated heterocycles. The molecule has 0 fully saturated rings. The Kier molecular flexibility index (Phi) is 7.30. The standard InChI is InChI=1S/C39H40O2/c1-27-24-32(20-22-35(27)40)37(2,3)30-18-13-19-31(25-30)38(4,5)33-21-23-36(41)34(26-33)39(6,28-14-9-7-10-15-28)29-16-11-8-12-17-29/h7-26,40-41H,1-6H3. The second-order valence-electron chi connectivity index (χ2n) is 12.4. The number of phenolic OH excluding ortho intramolecular Hbond substituents is 2. The Morgan fingerprint density at radius 3 is 1.32 bits per heavy atom. The molecule has 2 heteroatoms. The Balaban J connectivity index is 1.62. The number of rotatable bonds is 7. The second kappa shape index (κ2) is 10.6. The van der Waals surface area contributed by atoms with E-state index < -0.39 is 5.41 Å². The van der Waals surface area contributed by atoms with Gasteiger partial charge < -0.3 is 10.2 Å². The summed E-state index contributed by atoms with van der Waals surface area (Å²) < 4.78 is 0. The van der Waals surface area contributed by atoms with Gasteiger partial charge in [-0.3, -0.25) is 0 Å². The first kappa shape index (κ1) is 28.2. The SMILES string of the molecule is Cc1cc(C(C)(C)c2cccc(C(C)(C)c3ccc(O)c(C(C)(c4ccccc4)c4ccccc4)c3)c2)ccc1O. The van der Waals surface area contributed by atoms with Crippen LogP contribution in [0.5, 0.6) is 11.5 Å². The van der Waals surface area contributed by atoms with Gasteiger partial charge in [-0.05, 0) is 71.0 Å². The van der Waals surface area contributed by atoms with Crippen molar-refractivity contribution in [1.82, 2.24) is 0 Å². The normalized spacial score (nSPS) is 12.3. The molecule has 5 aromatic carbocycles. The van der Waals surface area contributed by atoms with Gasteiger partial charge in [0.05, 0.1) is 0 Å². The average molecular weight is 541 g/mol. The third-order valence-corrected chi connectivity index (χ3v) is 9.18. The van der Waals surface area contributed by atoms with Crippen molar-refractivity contribution in [3.8, 4) is 11.5 Å². The van der Waals surface area contributed by atoms with E-state index in [-0.39, 0.29) is 16.6 Å². The van der Waals surface area contributed by atoms with Crippen LogP contribution in [0.3, 0.4) is 0 Å². The molecule has 0 amide bonds. The lowest BCUT2D eigenvalue weighted by molar-refractivity contribution is 0.456. The van der Waals surface area contributed by atoms with Gasteiger partial charge in [0.15, 0.2) is 0 Å². The highest BCUT2D eigenvalue weighted by Gasteiger charge is 2.35. The van der Waals surface area contributed by atoms with Gasteiger partial charge >= 0.3 is 0 Å². The van der Waals surface area contributed by atoms with Crippen LogP contribution in [0.1, 0.15) is 79.1 Å². The Morgan fingerprint density at radius 2 is 0.829 bits per heavy atom. The van der Waals surface area contributed by atoms with Crippen LogP contribution in [0, 0.1) is 6.92 Å². The van der Waals surface area contributed by atoms with Crippen molar-refractivity contribution in [3.05, 3.63) is 166 Å². The molecule has 0 bridgehead atoms. The van der Waals surface area contributed by atoms with E-state index in [1.54, 1.807) is 6.07 Å². The first-order chi connectivity index (χ1) is 19.5. The van der Waals surface area contributed by atoms with E-state index >= 15 is 0 Å². The molecular weight excluding hydrogens is 500 g/mol. The Bertz CT molecular complexity index is 1620. The van der Waals surface area contributed by atoms with Gasteiger partial charge in [-0.1, -0.05) is 131 Å². The largest absolute Gasteiger partial charge is 0.508 e. The predicted molar refractivity (Wildman–Crippen MR) is 170 cm³/mol. The summed E-state index contributed by atoms with van der Waals surface area (Å²) in [4.78, 5) is 0. The maximum Gasteiger partial charge on any atom is 0.120 e. The van der Waals surface area contributed by atoms with Gasteiger partial charge in [0.2, 0.25) is 0 Å². The molecular formula is C39H40O2. The van der Waals surface area contributed by atoms with Crippen molar-refractivity contribution in [2.75, 3.05) is 0 Å². The van der Waals surface area contributed by atoms with Crippen LogP contribution in [-0.2, 0) is 16.2 Å². The number of phenols is 2. The van der Waals surface area contributed by atoms with Gasteiger partial charge in [-0.25, -0.2) is 0 Å². The van der Waals surface area contributed by atoms with Crippen molar-refractivity contribution < 1.29 is 10.2 Å². The second-order valence-corrected chi connectivity index (χ2v) is 12.4. The molecule has 41 heavy (non-hydrogen) atoms. The zero-order valence-corrected chi connectivity index (χ0v) is 24.9.